The Kier molecular flexibility index (Phi) is 9.29. The van der Waals surface area contributed by atoms with E-state index in [-0.39, 0.29) is 64.9 Å². The summed E-state index contributed by atoms with van der Waals surface area (Å²) < 4.78 is 99.7. The molecule has 6 rings (SSSR count). The Morgan fingerprint density at radius 2 is 1.36 bits per heavy atom. The third kappa shape index (κ3) is 6.39. The van der Waals surface area contributed by atoms with Crippen LogP contribution in [-0.2, 0) is 4.74 Å². The maximum Gasteiger partial charge on any atom is 0.200 e. The van der Waals surface area contributed by atoms with E-state index < -0.39 is 41.0 Å². The Hall–Kier alpha value is -3.30. The van der Waals surface area contributed by atoms with Gasteiger partial charge in [0.1, 0.15) is 6.10 Å². The first-order valence-corrected chi connectivity index (χ1v) is 15.7. The molecule has 0 amide bonds. The van der Waals surface area contributed by atoms with Gasteiger partial charge < -0.3 is 14.6 Å². The Bertz CT molecular complexity index is 1590. The van der Waals surface area contributed by atoms with Crippen LogP contribution in [0.2, 0.25) is 0 Å². The summed E-state index contributed by atoms with van der Waals surface area (Å²) in [6.45, 7) is 2.21. The van der Waals surface area contributed by atoms with Gasteiger partial charge in [-0.05, 0) is 91.9 Å². The molecule has 1 heterocycles. The lowest BCUT2D eigenvalue weighted by atomic mass is 9.75. The highest BCUT2D eigenvalue weighted by atomic mass is 19.2. The maximum absolute atomic E-state index is 15.2. The van der Waals surface area contributed by atoms with Crippen LogP contribution in [0, 0.1) is 40.8 Å². The van der Waals surface area contributed by atoms with Crippen LogP contribution in [0.15, 0.2) is 42.5 Å². The SMILES string of the molecule is CCC(O)c1ccc(C2=CCC(COc3ccc(C4CCC(c5ccc(C6CO6)c(F)c5F)CC4)c(F)c3F)CC2)c(F)c1F. The molecule has 1 aliphatic heterocycles. The lowest BCUT2D eigenvalue weighted by Crippen LogP contribution is -2.17. The molecule has 0 radical (unpaired) electrons. The van der Waals surface area contributed by atoms with Crippen molar-refractivity contribution >= 4 is 5.57 Å². The summed E-state index contributed by atoms with van der Waals surface area (Å²) in [6, 6.07) is 9.06. The minimum atomic E-state index is -1.07. The van der Waals surface area contributed by atoms with Crippen LogP contribution >= 0.6 is 0 Å². The lowest BCUT2D eigenvalue weighted by Gasteiger charge is -2.30. The van der Waals surface area contributed by atoms with E-state index in [4.69, 9.17) is 9.47 Å². The predicted octanol–water partition coefficient (Wildman–Crippen LogP) is 9.74. The average Bonchev–Trinajstić information content (AvgIpc) is 3.90. The van der Waals surface area contributed by atoms with E-state index in [2.05, 4.69) is 0 Å². The van der Waals surface area contributed by atoms with Gasteiger partial charge in [-0.15, -0.1) is 0 Å². The second-order valence-corrected chi connectivity index (χ2v) is 12.5. The van der Waals surface area contributed by atoms with Crippen molar-refractivity contribution in [2.24, 2.45) is 5.92 Å². The fourth-order valence-corrected chi connectivity index (χ4v) is 6.84. The lowest BCUT2D eigenvalue weighted by molar-refractivity contribution is 0.167. The van der Waals surface area contributed by atoms with Crippen molar-refractivity contribution in [1.29, 1.82) is 0 Å². The Balaban J connectivity index is 1.04. The molecule has 2 aliphatic carbocycles. The molecule has 0 aromatic heterocycles. The van der Waals surface area contributed by atoms with E-state index in [9.17, 15) is 22.7 Å². The molecule has 9 heteroatoms. The molecule has 3 aliphatic rings. The van der Waals surface area contributed by atoms with Crippen LogP contribution in [-0.4, -0.2) is 18.3 Å². The van der Waals surface area contributed by atoms with Gasteiger partial charge in [-0.1, -0.05) is 43.3 Å². The number of rotatable bonds is 9. The highest BCUT2D eigenvalue weighted by Gasteiger charge is 2.33. The number of hydrogen-bond donors (Lipinski definition) is 1. The quantitative estimate of drug-likeness (QED) is 0.189. The van der Waals surface area contributed by atoms with Crippen molar-refractivity contribution < 1.29 is 40.9 Å². The molecule has 240 valence electrons. The third-order valence-corrected chi connectivity index (χ3v) is 9.70. The molecule has 45 heavy (non-hydrogen) atoms. The number of epoxide rings is 1. The molecule has 1 N–H and O–H groups in total. The highest BCUT2D eigenvalue weighted by Crippen LogP contribution is 2.44. The van der Waals surface area contributed by atoms with E-state index in [1.165, 1.54) is 18.2 Å². The van der Waals surface area contributed by atoms with Gasteiger partial charge in [0, 0.05) is 16.7 Å². The van der Waals surface area contributed by atoms with Crippen molar-refractivity contribution in [2.45, 2.75) is 82.3 Å². The minimum Gasteiger partial charge on any atom is -0.490 e. The molecule has 2 fully saturated rings. The van der Waals surface area contributed by atoms with Gasteiger partial charge in [-0.25, -0.2) is 22.0 Å². The summed E-state index contributed by atoms with van der Waals surface area (Å²) in [5.41, 5.74) is 1.56. The van der Waals surface area contributed by atoms with Crippen LogP contribution in [0.3, 0.4) is 0 Å². The molecule has 3 nitrogen and oxygen atoms in total. The molecule has 1 saturated carbocycles. The van der Waals surface area contributed by atoms with Gasteiger partial charge in [0.25, 0.3) is 0 Å². The van der Waals surface area contributed by atoms with Crippen LogP contribution in [0.1, 0.15) is 110 Å². The molecular formula is C36H36F6O3. The van der Waals surface area contributed by atoms with Crippen LogP contribution in [0.4, 0.5) is 26.3 Å². The van der Waals surface area contributed by atoms with Crippen LogP contribution in [0.25, 0.3) is 5.57 Å². The normalized spacial score (nSPS) is 23.9. The van der Waals surface area contributed by atoms with Crippen molar-refractivity contribution in [2.75, 3.05) is 13.2 Å². The van der Waals surface area contributed by atoms with Crippen LogP contribution < -0.4 is 4.74 Å². The first kappa shape index (κ1) is 31.7. The zero-order valence-electron chi connectivity index (χ0n) is 25.0. The predicted molar refractivity (Wildman–Crippen MR) is 158 cm³/mol. The average molecular weight is 631 g/mol. The summed E-state index contributed by atoms with van der Waals surface area (Å²) in [4.78, 5) is 0. The van der Waals surface area contributed by atoms with Gasteiger partial charge in [0.15, 0.2) is 34.8 Å². The molecule has 3 aromatic rings. The van der Waals surface area contributed by atoms with Gasteiger partial charge in [-0.2, -0.15) is 4.39 Å². The fourth-order valence-electron chi connectivity index (χ4n) is 6.84. The topological polar surface area (TPSA) is 42.0 Å². The Labute approximate surface area is 258 Å². The smallest absolute Gasteiger partial charge is 0.200 e. The van der Waals surface area contributed by atoms with Gasteiger partial charge in [0.05, 0.1) is 19.3 Å². The molecule has 0 spiro atoms. The molecule has 0 bridgehead atoms. The summed E-state index contributed by atoms with van der Waals surface area (Å²) in [5.74, 6) is -6.40. The summed E-state index contributed by atoms with van der Waals surface area (Å²) in [6.07, 6.45) is 4.28. The standard InChI is InChI=1S/C36H36F6O3/c1-2-28(43)26-13-11-23(31(37)34(26)40)20-5-3-19(4-6-20)17-44-29-16-15-25(33(39)36(29)42)22-9-7-21(8-10-22)24-12-14-27(30-18-45-30)35(41)32(24)38/h5,11-16,19,21-22,28,30,43H,2-4,6-10,17-18H2,1H3. The van der Waals surface area contributed by atoms with Crippen molar-refractivity contribution in [3.8, 4) is 5.75 Å². The van der Waals surface area contributed by atoms with E-state index in [1.807, 2.05) is 6.08 Å². The van der Waals surface area contributed by atoms with Crippen molar-refractivity contribution in [1.82, 2.24) is 0 Å². The molecule has 3 atom stereocenters. The minimum absolute atomic E-state index is 0.0173. The third-order valence-electron chi connectivity index (χ3n) is 9.70. The Morgan fingerprint density at radius 3 is 1.96 bits per heavy atom. The number of aliphatic hydroxyl groups excluding tert-OH is 1. The van der Waals surface area contributed by atoms with Crippen molar-refractivity contribution in [3.63, 3.8) is 0 Å². The zero-order valence-corrected chi connectivity index (χ0v) is 25.0. The second kappa shape index (κ2) is 13.2. The number of aliphatic hydroxyl groups is 1. The molecule has 3 unspecified atom stereocenters. The fraction of sp³-hybridized carbons (Fsp3) is 0.444. The monoisotopic (exact) mass is 630 g/mol. The largest absolute Gasteiger partial charge is 0.490 e. The van der Waals surface area contributed by atoms with Gasteiger partial charge in [-0.3, -0.25) is 0 Å². The van der Waals surface area contributed by atoms with E-state index in [0.29, 0.717) is 62.7 Å². The summed E-state index contributed by atoms with van der Waals surface area (Å²) in [7, 11) is 0. The number of ether oxygens (including phenoxy) is 2. The number of allylic oxidation sites excluding steroid dienone is 2. The van der Waals surface area contributed by atoms with E-state index in [1.54, 1.807) is 25.1 Å². The zero-order chi connectivity index (χ0) is 31.8. The number of hydrogen-bond acceptors (Lipinski definition) is 3. The van der Waals surface area contributed by atoms with E-state index in [0.717, 1.165) is 0 Å². The summed E-state index contributed by atoms with van der Waals surface area (Å²) >= 11 is 0. The molecule has 1 saturated heterocycles. The summed E-state index contributed by atoms with van der Waals surface area (Å²) in [5, 5.41) is 9.92. The number of benzene rings is 3. The van der Waals surface area contributed by atoms with E-state index >= 15 is 8.78 Å². The number of halogens is 6. The molecule has 3 aromatic carbocycles. The van der Waals surface area contributed by atoms with Crippen LogP contribution in [0.5, 0.6) is 5.75 Å². The van der Waals surface area contributed by atoms with Gasteiger partial charge >= 0.3 is 0 Å². The highest BCUT2D eigenvalue weighted by molar-refractivity contribution is 5.67. The second-order valence-electron chi connectivity index (χ2n) is 12.5. The van der Waals surface area contributed by atoms with Crippen molar-refractivity contribution in [3.05, 3.63) is 105 Å². The molecular weight excluding hydrogens is 594 g/mol. The first-order valence-electron chi connectivity index (χ1n) is 15.7. The maximum atomic E-state index is 15.2. The Morgan fingerprint density at radius 1 is 0.756 bits per heavy atom. The van der Waals surface area contributed by atoms with Gasteiger partial charge in [0.2, 0.25) is 5.82 Å². The first-order chi connectivity index (χ1) is 21.7.